The molecule has 84 valence electrons. The molecule has 0 fully saturated rings. The average molecular weight is 218 g/mol. The summed E-state index contributed by atoms with van der Waals surface area (Å²) in [5.41, 5.74) is 0.937. The van der Waals surface area contributed by atoms with Crippen LogP contribution in [-0.2, 0) is 11.1 Å². The van der Waals surface area contributed by atoms with E-state index < -0.39 is 0 Å². The van der Waals surface area contributed by atoms with Crippen LogP contribution in [0.1, 0.15) is 25.3 Å². The molecule has 0 heterocycles. The first kappa shape index (κ1) is 12.6. The zero-order chi connectivity index (χ0) is 12.0. The van der Waals surface area contributed by atoms with Gasteiger partial charge in [0.1, 0.15) is 0 Å². The van der Waals surface area contributed by atoms with E-state index in [0.29, 0.717) is 24.2 Å². The molecule has 1 rings (SSSR count). The number of hydrogen-bond donors (Lipinski definition) is 0. The van der Waals surface area contributed by atoms with Gasteiger partial charge in [0.25, 0.3) is 0 Å². The van der Waals surface area contributed by atoms with E-state index >= 15 is 0 Å². The van der Waals surface area contributed by atoms with Gasteiger partial charge in [-0.2, -0.15) is 0 Å². The van der Waals surface area contributed by atoms with Crippen molar-refractivity contribution in [3.8, 4) is 11.5 Å². The highest BCUT2D eigenvalue weighted by atomic mass is 16.6. The molecule has 0 N–H and O–H groups in total. The molecule has 0 bridgehead atoms. The Morgan fingerprint density at radius 2 is 2.12 bits per heavy atom. The lowest BCUT2D eigenvalue weighted by atomic mass is 9.97. The molecule has 0 unspecified atom stereocenters. The molecule has 0 saturated carbocycles. The summed E-state index contributed by atoms with van der Waals surface area (Å²) in [6.07, 6.45) is 1.60. The summed E-state index contributed by atoms with van der Waals surface area (Å²) in [5, 5.41) is 0. The van der Waals surface area contributed by atoms with Crippen LogP contribution in [0.15, 0.2) is 18.2 Å². The normalized spacial score (nSPS) is 9.88. The van der Waals surface area contributed by atoms with Crippen molar-refractivity contribution in [2.75, 3.05) is 7.11 Å². The van der Waals surface area contributed by atoms with Crippen molar-refractivity contribution in [2.45, 2.75) is 26.1 Å². The summed E-state index contributed by atoms with van der Waals surface area (Å²) in [4.78, 5) is 11.3. The first-order valence-electron chi connectivity index (χ1n) is 5.29. The number of methoxy groups -OCH3 is 1. The second kappa shape index (κ2) is 6.21. The molecule has 0 aliphatic rings. The van der Waals surface area contributed by atoms with Gasteiger partial charge in [0.15, 0.2) is 11.5 Å². The lowest BCUT2D eigenvalue weighted by molar-refractivity contribution is -0.134. The summed E-state index contributed by atoms with van der Waals surface area (Å²) in [6.45, 7) is 1.93. The Kier molecular flexibility index (Phi) is 4.90. The third-order valence-corrected chi connectivity index (χ3v) is 2.14. The highest BCUT2D eigenvalue weighted by Crippen LogP contribution is 2.28. The molecule has 0 saturated heterocycles. The fraction of sp³-hybridized carbons (Fsp3) is 0.417. The Balaban J connectivity index is 2.83. The minimum absolute atomic E-state index is 0.249. The quantitative estimate of drug-likeness (QED) is 0.431. The van der Waals surface area contributed by atoms with Crippen molar-refractivity contribution in [2.24, 2.45) is 0 Å². The van der Waals surface area contributed by atoms with E-state index in [2.05, 4.69) is 0 Å². The Labute approximate surface area is 97.2 Å². The van der Waals surface area contributed by atoms with Crippen molar-refractivity contribution >= 4 is 13.8 Å². The third kappa shape index (κ3) is 3.30. The Morgan fingerprint density at radius 3 is 2.69 bits per heavy atom. The van der Waals surface area contributed by atoms with E-state index in [1.54, 1.807) is 12.1 Å². The van der Waals surface area contributed by atoms with Gasteiger partial charge in [0.2, 0.25) is 0 Å². The van der Waals surface area contributed by atoms with Crippen molar-refractivity contribution in [3.63, 3.8) is 0 Å². The molecule has 0 amide bonds. The third-order valence-electron chi connectivity index (χ3n) is 2.14. The van der Waals surface area contributed by atoms with Gasteiger partial charge in [-0.1, -0.05) is 24.9 Å². The van der Waals surface area contributed by atoms with Gasteiger partial charge in [0.05, 0.1) is 15.0 Å². The topological polar surface area (TPSA) is 35.5 Å². The molecule has 2 radical (unpaired) electrons. The fourth-order valence-corrected chi connectivity index (χ4v) is 1.30. The number of esters is 1. The number of benzene rings is 1. The number of ether oxygens (including phenoxy) is 2. The van der Waals surface area contributed by atoms with Crippen molar-refractivity contribution in [1.29, 1.82) is 0 Å². The minimum Gasteiger partial charge on any atom is -0.493 e. The lowest BCUT2D eigenvalue weighted by Gasteiger charge is -2.10. The van der Waals surface area contributed by atoms with Crippen LogP contribution in [0.25, 0.3) is 0 Å². The Hall–Kier alpha value is -1.45. The lowest BCUT2D eigenvalue weighted by Crippen LogP contribution is -2.08. The average Bonchev–Trinajstić information content (AvgIpc) is 2.30. The number of carbonyl (C=O) groups is 1. The highest BCUT2D eigenvalue weighted by molar-refractivity contribution is 6.08. The summed E-state index contributed by atoms with van der Waals surface area (Å²) in [7, 11) is 7.04. The van der Waals surface area contributed by atoms with Crippen LogP contribution in [0.5, 0.6) is 11.5 Å². The van der Waals surface area contributed by atoms with E-state index in [9.17, 15) is 4.79 Å². The zero-order valence-corrected chi connectivity index (χ0v) is 9.66. The summed E-state index contributed by atoms with van der Waals surface area (Å²) in [6, 6.07) is 5.29. The molecule has 1 aromatic carbocycles. The predicted octanol–water partition coefficient (Wildman–Crippen LogP) is 2.07. The van der Waals surface area contributed by atoms with E-state index in [4.69, 9.17) is 17.3 Å². The van der Waals surface area contributed by atoms with Gasteiger partial charge in [-0.05, 0) is 18.6 Å². The number of hydrogen-bond acceptors (Lipinski definition) is 3. The molecule has 0 aliphatic heterocycles. The van der Waals surface area contributed by atoms with Crippen LogP contribution >= 0.6 is 0 Å². The molecule has 0 aromatic heterocycles. The van der Waals surface area contributed by atoms with Gasteiger partial charge < -0.3 is 9.47 Å². The second-order valence-electron chi connectivity index (χ2n) is 3.41. The van der Waals surface area contributed by atoms with E-state index in [-0.39, 0.29) is 5.97 Å². The molecule has 16 heavy (non-hydrogen) atoms. The van der Waals surface area contributed by atoms with Crippen molar-refractivity contribution in [1.82, 2.24) is 0 Å². The standard InChI is InChI=1S/C12H15BO3/c1-3-4-12(14)16-10-6-5-9(8-13)7-11(10)15-2/h5-7H,3-4,8H2,1-2H3. The molecule has 1 aromatic rings. The van der Waals surface area contributed by atoms with Crippen molar-refractivity contribution < 1.29 is 14.3 Å². The zero-order valence-electron chi connectivity index (χ0n) is 9.66. The maximum Gasteiger partial charge on any atom is 0.311 e. The predicted molar refractivity (Wildman–Crippen MR) is 63.0 cm³/mol. The van der Waals surface area contributed by atoms with Crippen LogP contribution in [0.4, 0.5) is 0 Å². The summed E-state index contributed by atoms with van der Waals surface area (Å²) < 4.78 is 10.3. The highest BCUT2D eigenvalue weighted by Gasteiger charge is 2.09. The van der Waals surface area contributed by atoms with Crippen LogP contribution in [0.2, 0.25) is 0 Å². The maximum atomic E-state index is 11.3. The Morgan fingerprint density at radius 1 is 1.38 bits per heavy atom. The molecule has 3 nitrogen and oxygen atoms in total. The van der Waals surface area contributed by atoms with Crippen LogP contribution < -0.4 is 9.47 Å². The van der Waals surface area contributed by atoms with Gasteiger partial charge in [-0.15, -0.1) is 0 Å². The van der Waals surface area contributed by atoms with Crippen LogP contribution in [-0.4, -0.2) is 20.9 Å². The smallest absolute Gasteiger partial charge is 0.311 e. The molecule has 4 heteroatoms. The summed E-state index contributed by atoms with van der Waals surface area (Å²) >= 11 is 0. The van der Waals surface area contributed by atoms with Crippen LogP contribution in [0, 0.1) is 0 Å². The number of rotatable bonds is 5. The second-order valence-corrected chi connectivity index (χ2v) is 3.41. The van der Waals surface area contributed by atoms with Gasteiger partial charge >= 0.3 is 5.97 Å². The first-order chi connectivity index (χ1) is 7.71. The fourth-order valence-electron chi connectivity index (χ4n) is 1.30. The minimum atomic E-state index is -0.249. The Bertz CT molecular complexity index is 363. The summed E-state index contributed by atoms with van der Waals surface area (Å²) in [5.74, 6) is 0.729. The molecule has 0 aliphatic carbocycles. The van der Waals surface area contributed by atoms with Crippen LogP contribution in [0.3, 0.4) is 0 Å². The van der Waals surface area contributed by atoms with Gasteiger partial charge in [-0.25, -0.2) is 0 Å². The largest absolute Gasteiger partial charge is 0.493 e. The molecule has 0 spiro atoms. The first-order valence-corrected chi connectivity index (χ1v) is 5.29. The maximum absolute atomic E-state index is 11.3. The molecular formula is C12H15BO3. The van der Waals surface area contributed by atoms with Gasteiger partial charge in [-0.3, -0.25) is 4.79 Å². The number of carbonyl (C=O) groups excluding carboxylic acids is 1. The monoisotopic (exact) mass is 218 g/mol. The van der Waals surface area contributed by atoms with Gasteiger partial charge in [0, 0.05) is 6.42 Å². The molecule has 0 atom stereocenters. The van der Waals surface area contributed by atoms with E-state index in [0.717, 1.165) is 12.0 Å². The molecular weight excluding hydrogens is 203 g/mol. The SMILES string of the molecule is [B]Cc1ccc(OC(=O)CCC)c(OC)c1. The van der Waals surface area contributed by atoms with Crippen molar-refractivity contribution in [3.05, 3.63) is 23.8 Å². The van der Waals surface area contributed by atoms with E-state index in [1.165, 1.54) is 7.11 Å². The van der Waals surface area contributed by atoms with E-state index in [1.807, 2.05) is 13.0 Å².